The minimum atomic E-state index is -1.37. The lowest BCUT2D eigenvalue weighted by Gasteiger charge is -2.09. The van der Waals surface area contributed by atoms with Crippen LogP contribution in [-0.2, 0) is 0 Å². The molecule has 0 unspecified atom stereocenters. The maximum atomic E-state index is 13.4. The minimum absolute atomic E-state index is 0.334. The van der Waals surface area contributed by atoms with Gasteiger partial charge in [-0.1, -0.05) is 17.7 Å². The van der Waals surface area contributed by atoms with Crippen LogP contribution in [0.5, 0.6) is 0 Å². The highest BCUT2D eigenvalue weighted by Gasteiger charge is 2.12. The van der Waals surface area contributed by atoms with Crippen molar-refractivity contribution in [3.05, 3.63) is 52.4 Å². The van der Waals surface area contributed by atoms with Crippen LogP contribution in [0.15, 0.2) is 24.3 Å². The third-order valence-corrected chi connectivity index (χ3v) is 2.58. The Labute approximate surface area is 106 Å². The molecule has 0 fully saturated rings. The van der Waals surface area contributed by atoms with Crippen LogP contribution in [0, 0.1) is 24.5 Å². The van der Waals surface area contributed by atoms with Gasteiger partial charge in [-0.05, 0) is 24.6 Å². The van der Waals surface area contributed by atoms with Crippen molar-refractivity contribution in [2.45, 2.75) is 6.92 Å². The smallest absolute Gasteiger partial charge is 0.251 e. The Balaban J connectivity index is 2.37. The van der Waals surface area contributed by atoms with E-state index >= 15 is 0 Å². The molecular formula is C12H8ClF3N2. The van der Waals surface area contributed by atoms with Gasteiger partial charge in [0.25, 0.3) is 5.95 Å². The van der Waals surface area contributed by atoms with Crippen molar-refractivity contribution in [3.63, 3.8) is 0 Å². The third-order valence-electron chi connectivity index (χ3n) is 2.26. The van der Waals surface area contributed by atoms with Gasteiger partial charge in [-0.25, -0.2) is 8.78 Å². The highest BCUT2D eigenvalue weighted by Crippen LogP contribution is 2.27. The molecule has 2 rings (SSSR count). The van der Waals surface area contributed by atoms with Crippen molar-refractivity contribution in [2.75, 3.05) is 5.32 Å². The fourth-order valence-electron chi connectivity index (χ4n) is 1.38. The summed E-state index contributed by atoms with van der Waals surface area (Å²) in [5.41, 5.74) is 1.28. The van der Waals surface area contributed by atoms with Gasteiger partial charge in [-0.15, -0.1) is 0 Å². The van der Waals surface area contributed by atoms with Crippen molar-refractivity contribution >= 4 is 23.1 Å². The number of hydrogen-bond acceptors (Lipinski definition) is 2. The fraction of sp³-hybridized carbons (Fsp3) is 0.0833. The highest BCUT2D eigenvalue weighted by atomic mass is 35.5. The molecular weight excluding hydrogens is 265 g/mol. The number of benzene rings is 1. The molecule has 1 heterocycles. The lowest BCUT2D eigenvalue weighted by Crippen LogP contribution is -2.02. The zero-order chi connectivity index (χ0) is 13.3. The van der Waals surface area contributed by atoms with Gasteiger partial charge in [0, 0.05) is 6.07 Å². The second kappa shape index (κ2) is 4.86. The first-order chi connectivity index (χ1) is 8.47. The normalized spacial score (nSPS) is 10.5. The Morgan fingerprint density at radius 3 is 2.50 bits per heavy atom. The van der Waals surface area contributed by atoms with Gasteiger partial charge in [0.2, 0.25) is 0 Å². The predicted octanol–water partition coefficient (Wildman–Crippen LogP) is 4.20. The molecule has 0 spiro atoms. The summed E-state index contributed by atoms with van der Waals surface area (Å²) in [6.45, 7) is 1.84. The highest BCUT2D eigenvalue weighted by molar-refractivity contribution is 6.33. The Kier molecular flexibility index (Phi) is 3.43. The summed E-state index contributed by atoms with van der Waals surface area (Å²) in [4.78, 5) is 3.14. The van der Waals surface area contributed by atoms with Crippen LogP contribution >= 0.6 is 11.6 Å². The summed E-state index contributed by atoms with van der Waals surface area (Å²) in [6, 6.07) is 5.42. The van der Waals surface area contributed by atoms with Crippen molar-refractivity contribution in [1.29, 1.82) is 0 Å². The van der Waals surface area contributed by atoms with E-state index in [1.54, 1.807) is 18.2 Å². The molecule has 2 aromatic rings. The summed E-state index contributed by atoms with van der Waals surface area (Å²) < 4.78 is 39.0. The van der Waals surface area contributed by atoms with Gasteiger partial charge in [0.1, 0.15) is 0 Å². The average molecular weight is 273 g/mol. The molecule has 1 N–H and O–H groups in total. The average Bonchev–Trinajstić information content (AvgIpc) is 2.29. The molecule has 1 aromatic carbocycles. The molecule has 94 valence electrons. The molecule has 18 heavy (non-hydrogen) atoms. The molecule has 1 aromatic heterocycles. The monoisotopic (exact) mass is 272 g/mol. The van der Waals surface area contributed by atoms with E-state index in [4.69, 9.17) is 11.6 Å². The molecule has 0 radical (unpaired) electrons. The van der Waals surface area contributed by atoms with Crippen LogP contribution in [0.3, 0.4) is 0 Å². The zero-order valence-electron chi connectivity index (χ0n) is 9.27. The quantitative estimate of drug-likeness (QED) is 0.829. The Morgan fingerprint density at radius 1 is 1.11 bits per heavy atom. The second-order valence-corrected chi connectivity index (χ2v) is 4.11. The largest absolute Gasteiger partial charge is 0.336 e. The van der Waals surface area contributed by atoms with Gasteiger partial charge in [-0.3, -0.25) is 0 Å². The zero-order valence-corrected chi connectivity index (χ0v) is 10.0. The number of nitrogens with zero attached hydrogens (tertiary/aromatic N) is 1. The lowest BCUT2D eigenvalue weighted by molar-refractivity contribution is 0.467. The number of rotatable bonds is 2. The van der Waals surface area contributed by atoms with Crippen molar-refractivity contribution in [2.24, 2.45) is 0 Å². The van der Waals surface area contributed by atoms with Gasteiger partial charge in [0.15, 0.2) is 17.5 Å². The second-order valence-electron chi connectivity index (χ2n) is 3.70. The Hall–Kier alpha value is -1.75. The number of anilines is 2. The number of pyridine rings is 1. The first-order valence-corrected chi connectivity index (χ1v) is 5.40. The van der Waals surface area contributed by atoms with Gasteiger partial charge >= 0.3 is 0 Å². The van der Waals surface area contributed by atoms with Crippen LogP contribution in [0.25, 0.3) is 0 Å². The Morgan fingerprint density at radius 2 is 1.83 bits per heavy atom. The molecule has 0 saturated heterocycles. The third kappa shape index (κ3) is 2.56. The molecule has 0 aliphatic carbocycles. The van der Waals surface area contributed by atoms with Crippen LogP contribution < -0.4 is 5.32 Å². The van der Waals surface area contributed by atoms with E-state index in [1.807, 2.05) is 6.92 Å². The number of hydrogen-bond donors (Lipinski definition) is 1. The molecule has 0 amide bonds. The maximum absolute atomic E-state index is 13.4. The van der Waals surface area contributed by atoms with E-state index in [9.17, 15) is 13.2 Å². The van der Waals surface area contributed by atoms with E-state index in [0.717, 1.165) is 5.56 Å². The predicted molar refractivity (Wildman–Crippen MR) is 63.6 cm³/mol. The van der Waals surface area contributed by atoms with Gasteiger partial charge < -0.3 is 5.32 Å². The summed E-state index contributed by atoms with van der Waals surface area (Å²) >= 11 is 5.92. The van der Waals surface area contributed by atoms with Crippen LogP contribution in [0.1, 0.15) is 5.56 Å². The molecule has 0 bridgehead atoms. The summed E-state index contributed by atoms with van der Waals surface area (Å²) in [7, 11) is 0. The molecule has 0 aliphatic heterocycles. The summed E-state index contributed by atoms with van der Waals surface area (Å²) in [5, 5.41) is 2.85. The van der Waals surface area contributed by atoms with Crippen molar-refractivity contribution < 1.29 is 13.2 Å². The van der Waals surface area contributed by atoms with Crippen LogP contribution in [-0.4, -0.2) is 4.98 Å². The van der Waals surface area contributed by atoms with Gasteiger partial charge in [-0.2, -0.15) is 9.37 Å². The SMILES string of the molecule is Cc1ccc(Nc2nc(F)c(F)cc2F)c(Cl)c1. The topological polar surface area (TPSA) is 24.9 Å². The van der Waals surface area contributed by atoms with E-state index in [0.29, 0.717) is 16.8 Å². The number of aryl methyl sites for hydroxylation is 1. The lowest BCUT2D eigenvalue weighted by atomic mass is 10.2. The standard InChI is InChI=1S/C12H8ClF3N2/c1-6-2-3-10(7(13)4-6)17-12-9(15)5-8(14)11(16)18-12/h2-5H,1H3,(H,17,18). The van der Waals surface area contributed by atoms with Gasteiger partial charge in [0.05, 0.1) is 10.7 Å². The van der Waals surface area contributed by atoms with Crippen LogP contribution in [0.4, 0.5) is 24.7 Å². The molecule has 0 saturated carbocycles. The van der Waals surface area contributed by atoms with E-state index in [1.165, 1.54) is 0 Å². The van der Waals surface area contributed by atoms with Crippen molar-refractivity contribution in [3.8, 4) is 0 Å². The minimum Gasteiger partial charge on any atom is -0.336 e. The van der Waals surface area contributed by atoms with Crippen molar-refractivity contribution in [1.82, 2.24) is 4.98 Å². The van der Waals surface area contributed by atoms with E-state index in [2.05, 4.69) is 10.3 Å². The number of aromatic nitrogens is 1. The first kappa shape index (κ1) is 12.7. The summed E-state index contributed by atoms with van der Waals surface area (Å²) in [6.07, 6.45) is 0. The molecule has 0 atom stereocenters. The first-order valence-electron chi connectivity index (χ1n) is 5.02. The maximum Gasteiger partial charge on any atom is 0.251 e. The number of nitrogens with one attached hydrogen (secondary N) is 1. The Bertz CT molecular complexity index is 602. The molecule has 6 heteroatoms. The fourth-order valence-corrected chi connectivity index (χ4v) is 1.66. The molecule has 0 aliphatic rings. The number of halogens is 4. The molecule has 2 nitrogen and oxygen atoms in total. The van der Waals surface area contributed by atoms with Crippen LogP contribution in [0.2, 0.25) is 5.02 Å². The van der Waals surface area contributed by atoms with E-state index < -0.39 is 23.4 Å². The summed E-state index contributed by atoms with van der Waals surface area (Å²) in [5.74, 6) is -4.12. The van der Waals surface area contributed by atoms with E-state index in [-0.39, 0.29) is 0 Å².